The van der Waals surface area contributed by atoms with Gasteiger partial charge in [0.2, 0.25) is 11.8 Å². The first kappa shape index (κ1) is 18.4. The molecule has 6 heteroatoms. The normalized spacial score (nSPS) is 11.8. The highest BCUT2D eigenvalue weighted by atomic mass is 16.4. The van der Waals surface area contributed by atoms with Crippen molar-refractivity contribution < 1.29 is 19.5 Å². The topological polar surface area (TPSA) is 95.5 Å². The molecule has 0 saturated heterocycles. The predicted molar refractivity (Wildman–Crippen MR) is 76.2 cm³/mol. The van der Waals surface area contributed by atoms with E-state index in [0.29, 0.717) is 13.0 Å². The third-order valence-corrected chi connectivity index (χ3v) is 2.62. The molecule has 0 aromatic carbocycles. The molecule has 0 heterocycles. The molecule has 20 heavy (non-hydrogen) atoms. The molecule has 0 aromatic rings. The monoisotopic (exact) mass is 286 g/mol. The standard InChI is InChI=1S/C14H26N2O4/c1-13(2,3)12(20)15-8-6-7-10(17)16-14(4,5)9-11(18)19/h6-9H2,1-5H3,(H,15,20)(H,16,17)(H,18,19). The van der Waals surface area contributed by atoms with E-state index in [2.05, 4.69) is 10.6 Å². The van der Waals surface area contributed by atoms with Gasteiger partial charge in [0.1, 0.15) is 0 Å². The van der Waals surface area contributed by atoms with Gasteiger partial charge in [0.05, 0.1) is 6.42 Å². The molecule has 116 valence electrons. The summed E-state index contributed by atoms with van der Waals surface area (Å²) in [7, 11) is 0. The van der Waals surface area contributed by atoms with Gasteiger partial charge in [-0.15, -0.1) is 0 Å². The maximum Gasteiger partial charge on any atom is 0.305 e. The molecule has 3 N–H and O–H groups in total. The molecule has 6 nitrogen and oxygen atoms in total. The number of aliphatic carboxylic acids is 1. The van der Waals surface area contributed by atoms with Crippen molar-refractivity contribution in [2.75, 3.05) is 6.54 Å². The van der Waals surface area contributed by atoms with Crippen LogP contribution in [-0.4, -0.2) is 35.0 Å². The van der Waals surface area contributed by atoms with Crippen LogP contribution in [0.5, 0.6) is 0 Å². The second-order valence-corrected chi connectivity index (χ2v) is 6.61. The van der Waals surface area contributed by atoms with Gasteiger partial charge < -0.3 is 15.7 Å². The number of rotatable bonds is 7. The summed E-state index contributed by atoms with van der Waals surface area (Å²) in [4.78, 5) is 33.9. The van der Waals surface area contributed by atoms with Crippen molar-refractivity contribution >= 4 is 17.8 Å². The summed E-state index contributed by atoms with van der Waals surface area (Å²) in [5, 5.41) is 14.1. The Morgan fingerprint density at radius 3 is 2.05 bits per heavy atom. The van der Waals surface area contributed by atoms with Gasteiger partial charge >= 0.3 is 5.97 Å². The Kier molecular flexibility index (Phi) is 6.68. The Morgan fingerprint density at radius 1 is 1.05 bits per heavy atom. The van der Waals surface area contributed by atoms with E-state index in [1.807, 2.05) is 20.8 Å². The molecule has 0 fully saturated rings. The quantitative estimate of drug-likeness (QED) is 0.615. The molecular weight excluding hydrogens is 260 g/mol. The molecule has 0 spiro atoms. The molecule has 0 aliphatic rings. The van der Waals surface area contributed by atoms with Crippen molar-refractivity contribution in [1.29, 1.82) is 0 Å². The summed E-state index contributed by atoms with van der Waals surface area (Å²) in [6.45, 7) is 9.24. The number of carbonyl (C=O) groups excluding carboxylic acids is 2. The van der Waals surface area contributed by atoms with E-state index in [0.717, 1.165) is 0 Å². The van der Waals surface area contributed by atoms with Crippen LogP contribution in [0.2, 0.25) is 0 Å². The Bertz CT molecular complexity index is 370. The van der Waals surface area contributed by atoms with Crippen LogP contribution in [0.15, 0.2) is 0 Å². The number of carboxylic acid groups (broad SMARTS) is 1. The summed E-state index contributed by atoms with van der Waals surface area (Å²) in [5.74, 6) is -1.21. The molecule has 0 aliphatic heterocycles. The molecule has 0 unspecified atom stereocenters. The maximum atomic E-state index is 11.7. The molecule has 0 rings (SSSR count). The van der Waals surface area contributed by atoms with Crippen LogP contribution >= 0.6 is 0 Å². The minimum atomic E-state index is -0.951. The van der Waals surface area contributed by atoms with Crippen molar-refractivity contribution in [1.82, 2.24) is 10.6 Å². The molecule has 2 amide bonds. The lowest BCUT2D eigenvalue weighted by molar-refractivity contribution is -0.138. The van der Waals surface area contributed by atoms with Crippen LogP contribution in [0.3, 0.4) is 0 Å². The first-order chi connectivity index (χ1) is 8.94. The van der Waals surface area contributed by atoms with E-state index < -0.39 is 16.9 Å². The molecule has 0 atom stereocenters. The zero-order valence-corrected chi connectivity index (χ0v) is 13.0. The van der Waals surface area contributed by atoms with Gasteiger partial charge in [0.25, 0.3) is 0 Å². The fourth-order valence-corrected chi connectivity index (χ4v) is 1.58. The van der Waals surface area contributed by atoms with Crippen LogP contribution < -0.4 is 10.6 Å². The number of hydrogen-bond donors (Lipinski definition) is 3. The smallest absolute Gasteiger partial charge is 0.305 e. The van der Waals surface area contributed by atoms with Crippen LogP contribution in [0.25, 0.3) is 0 Å². The van der Waals surface area contributed by atoms with E-state index in [4.69, 9.17) is 5.11 Å². The summed E-state index contributed by atoms with van der Waals surface area (Å²) < 4.78 is 0. The van der Waals surface area contributed by atoms with E-state index in [1.54, 1.807) is 13.8 Å². The SMILES string of the molecule is CC(C)(CC(=O)O)NC(=O)CCCNC(=O)C(C)(C)C. The molecule has 0 aromatic heterocycles. The number of carboxylic acids is 1. The third kappa shape index (κ3) is 8.50. The average molecular weight is 286 g/mol. The molecule has 0 radical (unpaired) electrons. The fraction of sp³-hybridized carbons (Fsp3) is 0.786. The summed E-state index contributed by atoms with van der Waals surface area (Å²) >= 11 is 0. The summed E-state index contributed by atoms with van der Waals surface area (Å²) in [6.07, 6.45) is 0.657. The molecule has 0 aliphatic carbocycles. The first-order valence-corrected chi connectivity index (χ1v) is 6.75. The highest BCUT2D eigenvalue weighted by molar-refractivity contribution is 5.81. The van der Waals surface area contributed by atoms with Gasteiger partial charge in [0.15, 0.2) is 0 Å². The van der Waals surface area contributed by atoms with Crippen molar-refractivity contribution in [3.8, 4) is 0 Å². The third-order valence-electron chi connectivity index (χ3n) is 2.62. The van der Waals surface area contributed by atoms with E-state index in [-0.39, 0.29) is 24.7 Å². The van der Waals surface area contributed by atoms with Gasteiger partial charge in [-0.05, 0) is 20.3 Å². The lowest BCUT2D eigenvalue weighted by Gasteiger charge is -2.24. The van der Waals surface area contributed by atoms with Crippen molar-refractivity contribution in [2.24, 2.45) is 5.41 Å². The predicted octanol–water partition coefficient (Wildman–Crippen LogP) is 1.30. The zero-order valence-electron chi connectivity index (χ0n) is 13.0. The average Bonchev–Trinajstić information content (AvgIpc) is 2.19. The van der Waals surface area contributed by atoms with Crippen molar-refractivity contribution in [3.05, 3.63) is 0 Å². The second-order valence-electron chi connectivity index (χ2n) is 6.61. The van der Waals surface area contributed by atoms with Crippen molar-refractivity contribution in [3.63, 3.8) is 0 Å². The lowest BCUT2D eigenvalue weighted by atomic mass is 9.96. The van der Waals surface area contributed by atoms with Crippen LogP contribution in [0.4, 0.5) is 0 Å². The van der Waals surface area contributed by atoms with E-state index in [9.17, 15) is 14.4 Å². The van der Waals surface area contributed by atoms with Crippen molar-refractivity contribution in [2.45, 2.75) is 59.4 Å². The van der Waals surface area contributed by atoms with Gasteiger partial charge in [-0.2, -0.15) is 0 Å². The van der Waals surface area contributed by atoms with Crippen LogP contribution in [-0.2, 0) is 14.4 Å². The molecule has 0 saturated carbocycles. The Balaban J connectivity index is 3.96. The van der Waals surface area contributed by atoms with Crippen LogP contribution in [0, 0.1) is 5.41 Å². The Hall–Kier alpha value is -1.59. The van der Waals surface area contributed by atoms with E-state index in [1.165, 1.54) is 0 Å². The minimum absolute atomic E-state index is 0.0517. The molecule has 0 bridgehead atoms. The highest BCUT2D eigenvalue weighted by Gasteiger charge is 2.24. The number of nitrogens with one attached hydrogen (secondary N) is 2. The largest absolute Gasteiger partial charge is 0.481 e. The van der Waals surface area contributed by atoms with Gasteiger partial charge in [-0.1, -0.05) is 20.8 Å². The second kappa shape index (κ2) is 7.26. The summed E-state index contributed by atoms with van der Waals surface area (Å²) in [6, 6.07) is 0. The lowest BCUT2D eigenvalue weighted by Crippen LogP contribution is -2.45. The summed E-state index contributed by atoms with van der Waals surface area (Å²) in [5.41, 5.74) is -1.21. The highest BCUT2D eigenvalue weighted by Crippen LogP contribution is 2.12. The van der Waals surface area contributed by atoms with Crippen LogP contribution in [0.1, 0.15) is 53.9 Å². The fourth-order valence-electron chi connectivity index (χ4n) is 1.58. The van der Waals surface area contributed by atoms with E-state index >= 15 is 0 Å². The number of carbonyl (C=O) groups is 3. The van der Waals surface area contributed by atoms with Gasteiger partial charge in [0, 0.05) is 23.9 Å². The zero-order chi connectivity index (χ0) is 16.0. The molecular formula is C14H26N2O4. The van der Waals surface area contributed by atoms with Gasteiger partial charge in [-0.25, -0.2) is 0 Å². The first-order valence-electron chi connectivity index (χ1n) is 6.75. The Labute approximate surface area is 120 Å². The van der Waals surface area contributed by atoms with Gasteiger partial charge in [-0.3, -0.25) is 14.4 Å². The number of amides is 2. The minimum Gasteiger partial charge on any atom is -0.481 e. The maximum absolute atomic E-state index is 11.7. The number of hydrogen-bond acceptors (Lipinski definition) is 3. The Morgan fingerprint density at radius 2 is 1.60 bits per heavy atom.